The summed E-state index contributed by atoms with van der Waals surface area (Å²) >= 11 is 12.2. The molecule has 0 unspecified atom stereocenters. The van der Waals surface area contributed by atoms with Gasteiger partial charge in [-0.2, -0.15) is 0 Å². The molecular weight excluding hydrogens is 416 g/mol. The Morgan fingerprint density at radius 1 is 1.00 bits per heavy atom. The Balaban J connectivity index is 1.52. The van der Waals surface area contributed by atoms with Gasteiger partial charge in [0, 0.05) is 28.4 Å². The fraction of sp³-hybridized carbons (Fsp3) is 0.0952. The minimum absolute atomic E-state index is 0.00329. The van der Waals surface area contributed by atoms with E-state index in [-0.39, 0.29) is 12.3 Å². The quantitative estimate of drug-likeness (QED) is 0.377. The minimum Gasteiger partial charge on any atom is -0.488 e. The molecule has 0 amide bonds. The number of rotatable bonds is 6. The molecular formula is C21H16Cl2FN3O2. The third kappa shape index (κ3) is 4.39. The van der Waals surface area contributed by atoms with E-state index >= 15 is 0 Å². The summed E-state index contributed by atoms with van der Waals surface area (Å²) in [6.07, 6.45) is 0. The van der Waals surface area contributed by atoms with Crippen LogP contribution in [0.15, 0.2) is 59.4 Å². The number of aromatic nitrogens is 2. The summed E-state index contributed by atoms with van der Waals surface area (Å²) in [6.45, 7) is 0.414. The highest BCUT2D eigenvalue weighted by molar-refractivity contribution is 6.31. The Labute approximate surface area is 175 Å². The summed E-state index contributed by atoms with van der Waals surface area (Å²) in [6, 6.07) is 15.2. The fourth-order valence-electron chi connectivity index (χ4n) is 2.99. The molecule has 8 heteroatoms. The number of halogens is 3. The van der Waals surface area contributed by atoms with Crippen molar-refractivity contribution in [2.24, 2.45) is 0 Å². The van der Waals surface area contributed by atoms with Crippen LogP contribution in [0.5, 0.6) is 5.75 Å². The summed E-state index contributed by atoms with van der Waals surface area (Å²) in [5.41, 5.74) is 3.09. The van der Waals surface area contributed by atoms with Crippen LogP contribution >= 0.6 is 23.2 Å². The topological polar surface area (TPSA) is 69.9 Å². The van der Waals surface area contributed by atoms with E-state index in [0.717, 1.165) is 16.8 Å². The van der Waals surface area contributed by atoms with Crippen LogP contribution in [-0.2, 0) is 13.2 Å². The lowest BCUT2D eigenvalue weighted by Gasteiger charge is -2.14. The van der Waals surface area contributed by atoms with Gasteiger partial charge in [0.05, 0.1) is 16.1 Å². The molecule has 0 fully saturated rings. The van der Waals surface area contributed by atoms with Crippen molar-refractivity contribution in [2.75, 3.05) is 5.32 Å². The number of nitrogens with one attached hydrogen (secondary N) is 3. The number of imidazole rings is 1. The van der Waals surface area contributed by atoms with E-state index in [1.807, 2.05) is 18.2 Å². The Kier molecular flexibility index (Phi) is 5.47. The summed E-state index contributed by atoms with van der Waals surface area (Å²) in [4.78, 5) is 16.8. The molecule has 3 aromatic carbocycles. The Morgan fingerprint density at radius 2 is 1.83 bits per heavy atom. The lowest BCUT2D eigenvalue weighted by molar-refractivity contribution is 0.297. The maximum atomic E-state index is 14.0. The molecule has 4 rings (SSSR count). The normalized spacial score (nSPS) is 11.0. The molecule has 5 nitrogen and oxygen atoms in total. The lowest BCUT2D eigenvalue weighted by Crippen LogP contribution is -2.05. The number of hydrogen-bond acceptors (Lipinski definition) is 3. The first-order chi connectivity index (χ1) is 14.0. The maximum Gasteiger partial charge on any atom is 0.323 e. The van der Waals surface area contributed by atoms with Crippen molar-refractivity contribution in [3.8, 4) is 5.75 Å². The van der Waals surface area contributed by atoms with Crippen LogP contribution in [0.1, 0.15) is 11.1 Å². The largest absolute Gasteiger partial charge is 0.488 e. The van der Waals surface area contributed by atoms with E-state index in [1.54, 1.807) is 30.3 Å². The van der Waals surface area contributed by atoms with Crippen LogP contribution in [0.4, 0.5) is 10.1 Å². The minimum atomic E-state index is -0.417. The fourth-order valence-corrected chi connectivity index (χ4v) is 3.40. The number of H-pyrrole nitrogens is 2. The van der Waals surface area contributed by atoms with Gasteiger partial charge >= 0.3 is 5.69 Å². The molecule has 0 aliphatic rings. The summed E-state index contributed by atoms with van der Waals surface area (Å²) < 4.78 is 19.8. The van der Waals surface area contributed by atoms with Gasteiger partial charge < -0.3 is 20.0 Å². The van der Waals surface area contributed by atoms with Gasteiger partial charge in [-0.05, 0) is 48.5 Å². The van der Waals surface area contributed by atoms with Crippen molar-refractivity contribution in [3.05, 3.63) is 92.1 Å². The third-order valence-electron chi connectivity index (χ3n) is 4.46. The van der Waals surface area contributed by atoms with Crippen LogP contribution in [0.25, 0.3) is 11.0 Å². The van der Waals surface area contributed by atoms with Crippen molar-refractivity contribution in [1.82, 2.24) is 9.97 Å². The van der Waals surface area contributed by atoms with Crippen LogP contribution in [-0.4, -0.2) is 9.97 Å². The number of fused-ring (bicyclic) bond motifs is 1. The van der Waals surface area contributed by atoms with Gasteiger partial charge in [0.15, 0.2) is 0 Å². The molecule has 0 spiro atoms. The molecule has 0 saturated carbocycles. The van der Waals surface area contributed by atoms with E-state index in [1.165, 1.54) is 6.07 Å². The zero-order chi connectivity index (χ0) is 20.4. The highest BCUT2D eigenvalue weighted by atomic mass is 35.5. The number of hydrogen-bond donors (Lipinski definition) is 3. The van der Waals surface area contributed by atoms with Crippen molar-refractivity contribution in [1.29, 1.82) is 0 Å². The summed E-state index contributed by atoms with van der Waals surface area (Å²) in [5.74, 6) is 0.150. The second-order valence-corrected chi connectivity index (χ2v) is 7.28. The SMILES string of the molecule is O=c1[nH]c2ccc(NCc3cc(Cl)ccc3OCc3c(F)cccc3Cl)cc2[nH]1. The first-order valence-electron chi connectivity index (χ1n) is 8.79. The van der Waals surface area contributed by atoms with Crippen LogP contribution in [0.3, 0.4) is 0 Å². The molecule has 1 heterocycles. The van der Waals surface area contributed by atoms with Crippen molar-refractivity contribution in [2.45, 2.75) is 13.2 Å². The second kappa shape index (κ2) is 8.19. The van der Waals surface area contributed by atoms with Crippen molar-refractivity contribution in [3.63, 3.8) is 0 Å². The monoisotopic (exact) mass is 431 g/mol. The number of aromatic amines is 2. The van der Waals surface area contributed by atoms with Gasteiger partial charge in [-0.15, -0.1) is 0 Å². The first kappa shape index (κ1) is 19.4. The molecule has 1 aromatic heterocycles. The first-order valence-corrected chi connectivity index (χ1v) is 9.55. The molecule has 0 atom stereocenters. The molecule has 0 bridgehead atoms. The lowest BCUT2D eigenvalue weighted by atomic mass is 10.2. The molecule has 0 aliphatic carbocycles. The highest BCUT2D eigenvalue weighted by Crippen LogP contribution is 2.27. The highest BCUT2D eigenvalue weighted by Gasteiger charge is 2.11. The molecule has 148 valence electrons. The van der Waals surface area contributed by atoms with Gasteiger partial charge in [-0.1, -0.05) is 29.3 Å². The van der Waals surface area contributed by atoms with Crippen molar-refractivity contribution < 1.29 is 9.13 Å². The molecule has 0 aliphatic heterocycles. The van der Waals surface area contributed by atoms with Gasteiger partial charge in [0.25, 0.3) is 0 Å². The molecule has 0 radical (unpaired) electrons. The number of ether oxygens (including phenoxy) is 1. The Hall–Kier alpha value is -2.96. The summed E-state index contributed by atoms with van der Waals surface area (Å²) in [7, 11) is 0. The van der Waals surface area contributed by atoms with Gasteiger partial charge in [-0.3, -0.25) is 0 Å². The van der Waals surface area contributed by atoms with Crippen LogP contribution in [0, 0.1) is 5.82 Å². The third-order valence-corrected chi connectivity index (χ3v) is 5.04. The van der Waals surface area contributed by atoms with E-state index in [9.17, 15) is 9.18 Å². The van der Waals surface area contributed by atoms with Gasteiger partial charge in [0.1, 0.15) is 18.2 Å². The zero-order valence-corrected chi connectivity index (χ0v) is 16.6. The van der Waals surface area contributed by atoms with Gasteiger partial charge in [-0.25, -0.2) is 9.18 Å². The Morgan fingerprint density at radius 3 is 2.66 bits per heavy atom. The van der Waals surface area contributed by atoms with Gasteiger partial charge in [0.2, 0.25) is 0 Å². The number of benzene rings is 3. The predicted molar refractivity (Wildman–Crippen MR) is 113 cm³/mol. The zero-order valence-electron chi connectivity index (χ0n) is 15.1. The standard InChI is InChI=1S/C21H16Cl2FN3O2/c22-13-4-7-20(29-11-15-16(23)2-1-3-17(15)24)12(8-13)10-25-14-5-6-18-19(9-14)27-21(28)26-18/h1-9,25H,10-11H2,(H2,26,27,28). The van der Waals surface area contributed by atoms with Crippen molar-refractivity contribution >= 4 is 39.9 Å². The molecule has 29 heavy (non-hydrogen) atoms. The molecule has 4 aromatic rings. The maximum absolute atomic E-state index is 14.0. The molecule has 0 saturated heterocycles. The Bertz CT molecular complexity index is 1220. The average molecular weight is 432 g/mol. The van der Waals surface area contributed by atoms with Crippen LogP contribution < -0.4 is 15.7 Å². The van der Waals surface area contributed by atoms with E-state index in [2.05, 4.69) is 15.3 Å². The van der Waals surface area contributed by atoms with E-state index in [0.29, 0.717) is 33.4 Å². The molecule has 3 N–H and O–H groups in total. The van der Waals surface area contributed by atoms with E-state index < -0.39 is 5.82 Å². The summed E-state index contributed by atoms with van der Waals surface area (Å²) in [5, 5.41) is 4.15. The number of anilines is 1. The second-order valence-electron chi connectivity index (χ2n) is 6.43. The average Bonchev–Trinajstić information content (AvgIpc) is 3.06. The van der Waals surface area contributed by atoms with E-state index in [4.69, 9.17) is 27.9 Å². The van der Waals surface area contributed by atoms with Crippen LogP contribution in [0.2, 0.25) is 10.0 Å². The smallest absolute Gasteiger partial charge is 0.323 e. The predicted octanol–water partition coefficient (Wildman–Crippen LogP) is 5.49.